The van der Waals surface area contributed by atoms with E-state index in [9.17, 15) is 14.4 Å². The zero-order valence-electron chi connectivity index (χ0n) is 16.9. The highest BCUT2D eigenvalue weighted by molar-refractivity contribution is 6.01. The summed E-state index contributed by atoms with van der Waals surface area (Å²) >= 11 is 0. The maximum atomic E-state index is 12.9. The number of nitrogens with one attached hydrogen (secondary N) is 1. The number of cyclic esters (lactones) is 1. The molecule has 0 aliphatic carbocycles. The average Bonchev–Trinajstić information content (AvgIpc) is 3.28. The average molecular weight is 410 g/mol. The molecule has 0 unspecified atom stereocenters. The molecule has 2 amide bonds. The quantitative estimate of drug-likeness (QED) is 0.762. The van der Waals surface area contributed by atoms with E-state index in [-0.39, 0.29) is 29.5 Å². The SMILES string of the molecule is COc1ccc2c(c1OC)C(=O)O[C@H]2N1C(=O)CC[C@H]1C(=O)Nc1ccc(C)cc1. The molecule has 30 heavy (non-hydrogen) atoms. The first kappa shape index (κ1) is 19.8. The van der Waals surface area contributed by atoms with Crippen molar-refractivity contribution in [2.75, 3.05) is 19.5 Å². The molecule has 4 rings (SSSR count). The predicted octanol–water partition coefficient (Wildman–Crippen LogP) is 2.81. The minimum Gasteiger partial charge on any atom is -0.493 e. The molecule has 0 radical (unpaired) electrons. The number of hydrogen-bond acceptors (Lipinski definition) is 6. The number of aryl methyl sites for hydroxylation is 1. The van der Waals surface area contributed by atoms with E-state index >= 15 is 0 Å². The van der Waals surface area contributed by atoms with Gasteiger partial charge in [0.1, 0.15) is 11.6 Å². The molecule has 2 heterocycles. The van der Waals surface area contributed by atoms with E-state index < -0.39 is 18.2 Å². The second-order valence-electron chi connectivity index (χ2n) is 7.23. The van der Waals surface area contributed by atoms with Crippen molar-refractivity contribution in [1.29, 1.82) is 0 Å². The van der Waals surface area contributed by atoms with Crippen LogP contribution in [0.25, 0.3) is 0 Å². The van der Waals surface area contributed by atoms with Crippen LogP contribution in [-0.4, -0.2) is 42.9 Å². The molecule has 8 nitrogen and oxygen atoms in total. The topological polar surface area (TPSA) is 94.2 Å². The highest BCUT2D eigenvalue weighted by Crippen LogP contribution is 2.45. The largest absolute Gasteiger partial charge is 0.493 e. The molecule has 1 saturated heterocycles. The second-order valence-corrected chi connectivity index (χ2v) is 7.23. The predicted molar refractivity (Wildman–Crippen MR) is 107 cm³/mol. The molecular formula is C22H22N2O6. The zero-order valence-corrected chi connectivity index (χ0v) is 16.9. The number of methoxy groups -OCH3 is 2. The number of carbonyl (C=O) groups excluding carboxylic acids is 3. The van der Waals surface area contributed by atoms with E-state index in [1.54, 1.807) is 24.3 Å². The summed E-state index contributed by atoms with van der Waals surface area (Å²) in [4.78, 5) is 39.5. The lowest BCUT2D eigenvalue weighted by Gasteiger charge is -2.29. The number of hydrogen-bond donors (Lipinski definition) is 1. The first-order valence-electron chi connectivity index (χ1n) is 9.59. The van der Waals surface area contributed by atoms with Crippen LogP contribution in [0.5, 0.6) is 11.5 Å². The Bertz CT molecular complexity index is 1020. The van der Waals surface area contributed by atoms with E-state index in [0.717, 1.165) is 5.56 Å². The van der Waals surface area contributed by atoms with Crippen LogP contribution in [0.15, 0.2) is 36.4 Å². The van der Waals surface area contributed by atoms with Gasteiger partial charge in [0.2, 0.25) is 18.0 Å². The Morgan fingerprint density at radius 1 is 1.10 bits per heavy atom. The van der Waals surface area contributed by atoms with Crippen LogP contribution >= 0.6 is 0 Å². The summed E-state index contributed by atoms with van der Waals surface area (Å²) in [6.45, 7) is 1.96. The van der Waals surface area contributed by atoms with Gasteiger partial charge in [0.25, 0.3) is 0 Å². The summed E-state index contributed by atoms with van der Waals surface area (Å²) in [6.07, 6.45) is -0.452. The summed E-state index contributed by atoms with van der Waals surface area (Å²) in [5.41, 5.74) is 2.39. The van der Waals surface area contributed by atoms with Crippen LogP contribution in [0.4, 0.5) is 5.69 Å². The maximum Gasteiger partial charge on any atom is 0.344 e. The minimum absolute atomic E-state index is 0.197. The lowest BCUT2D eigenvalue weighted by molar-refractivity contribution is -0.144. The number of nitrogens with zero attached hydrogens (tertiary/aromatic N) is 1. The Hall–Kier alpha value is -3.55. The summed E-state index contributed by atoms with van der Waals surface area (Å²) < 4.78 is 16.1. The van der Waals surface area contributed by atoms with Gasteiger partial charge in [-0.3, -0.25) is 14.5 Å². The molecule has 1 fully saturated rings. The van der Waals surface area contributed by atoms with Crippen molar-refractivity contribution in [1.82, 2.24) is 4.90 Å². The van der Waals surface area contributed by atoms with E-state index in [4.69, 9.17) is 14.2 Å². The number of rotatable bonds is 5. The van der Waals surface area contributed by atoms with Crippen molar-refractivity contribution < 1.29 is 28.6 Å². The first-order chi connectivity index (χ1) is 14.4. The van der Waals surface area contributed by atoms with E-state index in [1.165, 1.54) is 19.1 Å². The lowest BCUT2D eigenvalue weighted by Crippen LogP contribution is -2.43. The Morgan fingerprint density at radius 2 is 1.83 bits per heavy atom. The van der Waals surface area contributed by atoms with Crippen LogP contribution in [0.1, 0.15) is 40.6 Å². The molecule has 0 spiro atoms. The van der Waals surface area contributed by atoms with E-state index in [2.05, 4.69) is 5.32 Å². The van der Waals surface area contributed by atoms with Gasteiger partial charge in [-0.25, -0.2) is 4.79 Å². The van der Waals surface area contributed by atoms with Crippen molar-refractivity contribution in [3.63, 3.8) is 0 Å². The van der Waals surface area contributed by atoms with Crippen molar-refractivity contribution in [3.05, 3.63) is 53.1 Å². The number of amides is 2. The smallest absolute Gasteiger partial charge is 0.344 e. The lowest BCUT2D eigenvalue weighted by atomic mass is 10.0. The third kappa shape index (κ3) is 3.24. The van der Waals surface area contributed by atoms with Crippen molar-refractivity contribution in [2.24, 2.45) is 0 Å². The Balaban J connectivity index is 1.64. The molecule has 2 atom stereocenters. The van der Waals surface area contributed by atoms with Crippen molar-refractivity contribution >= 4 is 23.5 Å². The third-order valence-corrected chi connectivity index (χ3v) is 5.40. The van der Waals surface area contributed by atoms with Gasteiger partial charge in [0, 0.05) is 17.7 Å². The molecule has 2 aliphatic rings. The highest BCUT2D eigenvalue weighted by atomic mass is 16.6. The molecule has 156 valence electrons. The monoisotopic (exact) mass is 410 g/mol. The van der Waals surface area contributed by atoms with Crippen molar-refractivity contribution in [3.8, 4) is 11.5 Å². The van der Waals surface area contributed by atoms with Crippen LogP contribution in [0, 0.1) is 6.92 Å². The van der Waals surface area contributed by atoms with Gasteiger partial charge in [-0.2, -0.15) is 0 Å². The standard InChI is InChI=1S/C22H22N2O6/c1-12-4-6-13(7-5-12)23-20(26)15-9-11-17(25)24(15)21-14-8-10-16(28-2)19(29-3)18(14)22(27)30-21/h4-8,10,15,21H,9,11H2,1-3H3,(H,23,26)/t15-,21+/m0/s1. The van der Waals surface area contributed by atoms with Crippen LogP contribution in [0.3, 0.4) is 0 Å². The normalized spacial score (nSPS) is 20.0. The number of benzene rings is 2. The summed E-state index contributed by atoms with van der Waals surface area (Å²) in [5, 5.41) is 2.84. The molecule has 1 N–H and O–H groups in total. The number of ether oxygens (including phenoxy) is 3. The van der Waals surface area contributed by atoms with Gasteiger partial charge < -0.3 is 19.5 Å². The van der Waals surface area contributed by atoms with Gasteiger partial charge in [-0.05, 0) is 37.6 Å². The van der Waals surface area contributed by atoms with Crippen LogP contribution in [0.2, 0.25) is 0 Å². The summed E-state index contributed by atoms with van der Waals surface area (Å²) in [7, 11) is 2.90. The van der Waals surface area contributed by atoms with Gasteiger partial charge in [-0.15, -0.1) is 0 Å². The van der Waals surface area contributed by atoms with E-state index in [1.807, 2.05) is 19.1 Å². The highest BCUT2D eigenvalue weighted by Gasteiger charge is 2.47. The minimum atomic E-state index is -0.990. The molecule has 2 aromatic carbocycles. The first-order valence-corrected chi connectivity index (χ1v) is 9.59. The Kier molecular flexibility index (Phi) is 5.07. The molecule has 0 aromatic heterocycles. The number of esters is 1. The Labute approximate surface area is 173 Å². The number of carbonyl (C=O) groups is 3. The van der Waals surface area contributed by atoms with Crippen LogP contribution in [-0.2, 0) is 14.3 Å². The fourth-order valence-corrected chi connectivity index (χ4v) is 3.91. The molecule has 0 bridgehead atoms. The molecule has 0 saturated carbocycles. The fraction of sp³-hybridized carbons (Fsp3) is 0.318. The summed E-state index contributed by atoms with van der Waals surface area (Å²) in [5.74, 6) is -0.567. The van der Waals surface area contributed by atoms with Crippen molar-refractivity contribution in [2.45, 2.75) is 32.0 Å². The van der Waals surface area contributed by atoms with Gasteiger partial charge in [0.15, 0.2) is 11.5 Å². The number of anilines is 1. The van der Waals surface area contributed by atoms with Gasteiger partial charge >= 0.3 is 5.97 Å². The molecule has 2 aromatic rings. The molecular weight excluding hydrogens is 388 g/mol. The second kappa shape index (κ2) is 7.70. The fourth-order valence-electron chi connectivity index (χ4n) is 3.91. The summed E-state index contributed by atoms with van der Waals surface area (Å²) in [6, 6.07) is 9.94. The maximum absolute atomic E-state index is 12.9. The number of fused-ring (bicyclic) bond motifs is 1. The van der Waals surface area contributed by atoms with Gasteiger partial charge in [0.05, 0.1) is 14.2 Å². The van der Waals surface area contributed by atoms with Crippen LogP contribution < -0.4 is 14.8 Å². The number of likely N-dealkylation sites (tertiary alicyclic amines) is 1. The zero-order chi connectivity index (χ0) is 21.4. The third-order valence-electron chi connectivity index (χ3n) is 5.40. The van der Waals surface area contributed by atoms with E-state index in [0.29, 0.717) is 23.4 Å². The molecule has 2 aliphatic heterocycles. The molecule has 8 heteroatoms. The van der Waals surface area contributed by atoms with Gasteiger partial charge in [-0.1, -0.05) is 17.7 Å². The Morgan fingerprint density at radius 3 is 2.50 bits per heavy atom.